The predicted octanol–water partition coefficient (Wildman–Crippen LogP) is 2.40. The number of nitrogens with zero attached hydrogens (tertiary/aromatic N) is 1. The van der Waals surface area contributed by atoms with Crippen molar-refractivity contribution in [2.45, 2.75) is 117 Å². The van der Waals surface area contributed by atoms with E-state index in [9.17, 15) is 29.2 Å². The van der Waals surface area contributed by atoms with E-state index in [0.717, 1.165) is 10.3 Å². The number of amides is 5. The summed E-state index contributed by atoms with van der Waals surface area (Å²) in [6.45, 7) is 14.1. The van der Waals surface area contributed by atoms with Gasteiger partial charge in [0.2, 0.25) is 36.0 Å². The van der Waals surface area contributed by atoms with Gasteiger partial charge in [0, 0.05) is 36.0 Å². The standard InChI is InChI=1S/C38H59N7O6/c1-8-14-31(43-38(50)33(26(6)9-2)44-35(47)29-19-21-45(51)22-20-29)37(49)41-30(23-25(4)5)24-40-27(7)34(46)42-32(36(48)39-10-3)18-17-28-15-12-11-13-16-28/h11-13,15-16,19-22,25-27,30-33,40H,8-10,14,17-18,23-24H2,1-7H3,(H5-,39,41,42,43,44,46,47,48,49,50,51)/p+1/t26-,27-,30?,31-,32?,33?/m0/s1. The van der Waals surface area contributed by atoms with E-state index < -0.39 is 36.0 Å². The van der Waals surface area contributed by atoms with Crippen molar-refractivity contribution in [3.8, 4) is 0 Å². The molecule has 51 heavy (non-hydrogen) atoms. The minimum absolute atomic E-state index is 0.220. The molecule has 0 bridgehead atoms. The van der Waals surface area contributed by atoms with Crippen LogP contribution in [0.25, 0.3) is 0 Å². The Morgan fingerprint density at radius 1 is 0.745 bits per heavy atom. The molecule has 0 saturated heterocycles. The minimum atomic E-state index is -0.889. The largest absolute Gasteiger partial charge is 0.355 e. The first-order chi connectivity index (χ1) is 24.3. The number of carbonyl (C=O) groups is 5. The van der Waals surface area contributed by atoms with Gasteiger partial charge >= 0.3 is 0 Å². The second kappa shape index (κ2) is 22.3. The van der Waals surface area contributed by atoms with Crippen LogP contribution >= 0.6 is 0 Å². The Hall–Kier alpha value is -4.52. The van der Waals surface area contributed by atoms with Crippen LogP contribution in [0.3, 0.4) is 0 Å². The van der Waals surface area contributed by atoms with Crippen molar-refractivity contribution < 1.29 is 33.9 Å². The van der Waals surface area contributed by atoms with Crippen LogP contribution in [0.15, 0.2) is 54.9 Å². The van der Waals surface area contributed by atoms with E-state index in [0.29, 0.717) is 45.1 Å². The summed E-state index contributed by atoms with van der Waals surface area (Å²) in [4.78, 5) is 66.2. The molecule has 3 unspecified atom stereocenters. The van der Waals surface area contributed by atoms with Crippen LogP contribution in [0, 0.1) is 11.8 Å². The highest BCUT2D eigenvalue weighted by atomic mass is 16.5. The molecular weight excluding hydrogens is 650 g/mol. The van der Waals surface area contributed by atoms with Gasteiger partial charge in [0.1, 0.15) is 18.1 Å². The average molecular weight is 711 g/mol. The summed E-state index contributed by atoms with van der Waals surface area (Å²) < 4.78 is 0.819. The van der Waals surface area contributed by atoms with Gasteiger partial charge in [-0.15, -0.1) is 0 Å². The quantitative estimate of drug-likeness (QED) is 0.0724. The molecule has 2 rings (SSSR count). The van der Waals surface area contributed by atoms with Crippen LogP contribution in [-0.4, -0.2) is 78.0 Å². The van der Waals surface area contributed by atoms with Crippen molar-refractivity contribution in [1.82, 2.24) is 31.9 Å². The molecule has 7 N–H and O–H groups in total. The third-order valence-electron chi connectivity index (χ3n) is 8.78. The fourth-order valence-corrected chi connectivity index (χ4v) is 5.61. The van der Waals surface area contributed by atoms with E-state index in [4.69, 9.17) is 0 Å². The summed E-state index contributed by atoms with van der Waals surface area (Å²) in [5.74, 6) is -1.84. The van der Waals surface area contributed by atoms with Crippen molar-refractivity contribution in [2.24, 2.45) is 11.8 Å². The molecule has 1 aromatic heterocycles. The molecule has 1 heterocycles. The van der Waals surface area contributed by atoms with E-state index in [1.807, 2.05) is 71.9 Å². The highest BCUT2D eigenvalue weighted by Gasteiger charge is 2.31. The third-order valence-corrected chi connectivity index (χ3v) is 8.78. The number of benzene rings is 1. The Bertz CT molecular complexity index is 1390. The third kappa shape index (κ3) is 15.1. The maximum absolute atomic E-state index is 13.7. The van der Waals surface area contributed by atoms with Crippen LogP contribution in [0.4, 0.5) is 0 Å². The number of hydrogen-bond donors (Lipinski definition) is 7. The van der Waals surface area contributed by atoms with Gasteiger partial charge in [-0.1, -0.05) is 77.8 Å². The van der Waals surface area contributed by atoms with Crippen molar-refractivity contribution in [3.05, 3.63) is 66.0 Å². The fraction of sp³-hybridized carbons (Fsp3) is 0.579. The van der Waals surface area contributed by atoms with Crippen LogP contribution in [0.2, 0.25) is 0 Å². The first-order valence-electron chi connectivity index (χ1n) is 18.3. The Labute approximate surface area is 303 Å². The molecule has 5 amide bonds. The monoisotopic (exact) mass is 710 g/mol. The highest BCUT2D eigenvalue weighted by Crippen LogP contribution is 2.12. The maximum atomic E-state index is 13.7. The number of hydrogen-bond acceptors (Lipinski definition) is 7. The van der Waals surface area contributed by atoms with E-state index in [-0.39, 0.29) is 47.7 Å². The lowest BCUT2D eigenvalue weighted by molar-refractivity contribution is -0.904. The Morgan fingerprint density at radius 2 is 1.37 bits per heavy atom. The molecule has 0 radical (unpaired) electrons. The van der Waals surface area contributed by atoms with Gasteiger partial charge in [-0.3, -0.25) is 29.2 Å². The zero-order chi connectivity index (χ0) is 37.9. The Balaban J connectivity index is 2.07. The molecule has 0 aliphatic carbocycles. The Morgan fingerprint density at radius 3 is 1.96 bits per heavy atom. The predicted molar refractivity (Wildman–Crippen MR) is 196 cm³/mol. The maximum Gasteiger partial charge on any atom is 0.252 e. The number of likely N-dealkylation sites (N-methyl/N-ethyl adjacent to an activating group) is 1. The lowest BCUT2D eigenvalue weighted by atomic mass is 9.97. The normalized spacial score (nSPS) is 14.7. The second-order valence-electron chi connectivity index (χ2n) is 13.6. The molecule has 0 aliphatic rings. The van der Waals surface area contributed by atoms with E-state index in [1.165, 1.54) is 24.5 Å². The highest BCUT2D eigenvalue weighted by molar-refractivity contribution is 5.98. The summed E-state index contributed by atoms with van der Waals surface area (Å²) >= 11 is 0. The van der Waals surface area contributed by atoms with E-state index in [2.05, 4.69) is 31.9 Å². The van der Waals surface area contributed by atoms with Gasteiger partial charge in [0.05, 0.1) is 11.6 Å². The van der Waals surface area contributed by atoms with Gasteiger partial charge in [0.25, 0.3) is 5.91 Å². The molecule has 13 nitrogen and oxygen atoms in total. The number of aryl methyl sites for hydroxylation is 1. The molecule has 0 aliphatic heterocycles. The van der Waals surface area contributed by atoms with Gasteiger partial charge in [0.15, 0.2) is 0 Å². The molecule has 0 fully saturated rings. The Kier molecular flexibility index (Phi) is 18.7. The lowest BCUT2D eigenvalue weighted by Gasteiger charge is -2.29. The zero-order valence-corrected chi connectivity index (χ0v) is 31.3. The van der Waals surface area contributed by atoms with Crippen LogP contribution in [0.1, 0.15) is 96.5 Å². The summed E-state index contributed by atoms with van der Waals surface area (Å²) in [6.07, 6.45) is 5.96. The minimum Gasteiger partial charge on any atom is -0.355 e. The second-order valence-corrected chi connectivity index (χ2v) is 13.6. The first kappa shape index (κ1) is 42.6. The van der Waals surface area contributed by atoms with Crippen molar-refractivity contribution >= 4 is 29.5 Å². The number of carbonyl (C=O) groups excluding carboxylic acids is 5. The molecule has 0 saturated carbocycles. The van der Waals surface area contributed by atoms with Crippen LogP contribution in [-0.2, 0) is 25.6 Å². The van der Waals surface area contributed by atoms with Crippen molar-refractivity contribution in [1.29, 1.82) is 0 Å². The fourth-order valence-electron chi connectivity index (χ4n) is 5.61. The first-order valence-corrected chi connectivity index (χ1v) is 18.3. The van der Waals surface area contributed by atoms with Gasteiger partial charge < -0.3 is 31.9 Å². The average Bonchev–Trinajstić information content (AvgIpc) is 3.10. The topological polar surface area (TPSA) is 182 Å². The number of nitrogens with one attached hydrogen (secondary N) is 6. The number of aromatic nitrogens is 1. The molecule has 6 atom stereocenters. The van der Waals surface area contributed by atoms with Gasteiger partial charge in [-0.05, 0) is 56.9 Å². The lowest BCUT2D eigenvalue weighted by Crippen LogP contribution is -2.58. The summed E-state index contributed by atoms with van der Waals surface area (Å²) in [6, 6.07) is 9.24. The van der Waals surface area contributed by atoms with Crippen LogP contribution in [0.5, 0.6) is 0 Å². The van der Waals surface area contributed by atoms with Crippen molar-refractivity contribution in [2.75, 3.05) is 13.1 Å². The summed E-state index contributed by atoms with van der Waals surface area (Å²) in [7, 11) is 0. The summed E-state index contributed by atoms with van der Waals surface area (Å²) in [5, 5.41) is 27.2. The molecule has 13 heteroatoms. The van der Waals surface area contributed by atoms with Gasteiger partial charge in [-0.2, -0.15) is 0 Å². The van der Waals surface area contributed by atoms with Crippen LogP contribution < -0.4 is 36.6 Å². The number of pyridine rings is 1. The molecule has 0 spiro atoms. The summed E-state index contributed by atoms with van der Waals surface area (Å²) in [5.41, 5.74) is 1.36. The number of rotatable bonds is 22. The van der Waals surface area contributed by atoms with Gasteiger partial charge in [-0.25, -0.2) is 0 Å². The van der Waals surface area contributed by atoms with E-state index >= 15 is 0 Å². The molecule has 282 valence electrons. The van der Waals surface area contributed by atoms with Crippen molar-refractivity contribution in [3.63, 3.8) is 0 Å². The molecular formula is C38H60N7O6+. The van der Waals surface area contributed by atoms with E-state index in [1.54, 1.807) is 6.92 Å². The SMILES string of the molecule is CCC[C@H](NC(=O)C(NC(=O)c1cc[n+](O)cc1)[C@@H](C)CC)C(=O)NC(CN[C@@H](C)C(=O)NC(CCc1ccccc1)C(=O)NCC)CC(C)C. The smallest absolute Gasteiger partial charge is 0.252 e. The molecule has 1 aromatic carbocycles. The zero-order valence-electron chi connectivity index (χ0n) is 31.3. The molecule has 2 aromatic rings.